The van der Waals surface area contributed by atoms with Gasteiger partial charge in [0, 0.05) is 4.47 Å². The molecule has 0 saturated carbocycles. The first-order chi connectivity index (χ1) is 6.67. The van der Waals surface area contributed by atoms with Crippen LogP contribution in [0.15, 0.2) is 22.7 Å². The zero-order chi connectivity index (χ0) is 10.6. The van der Waals surface area contributed by atoms with Crippen molar-refractivity contribution >= 4 is 15.9 Å². The minimum Gasteiger partial charge on any atom is -0.300 e. The predicted molar refractivity (Wildman–Crippen MR) is 59.4 cm³/mol. The third kappa shape index (κ3) is 2.83. The zero-order valence-corrected chi connectivity index (χ0v) is 9.44. The highest BCUT2D eigenvalue weighted by atomic mass is 79.9. The monoisotopic (exact) mass is 255 g/mol. The quantitative estimate of drug-likeness (QED) is 0.820. The van der Waals surface area contributed by atoms with E-state index in [1.165, 1.54) is 12.1 Å². The molecule has 0 radical (unpaired) electrons. The highest BCUT2D eigenvalue weighted by Gasteiger charge is 2.08. The van der Waals surface area contributed by atoms with E-state index in [0.29, 0.717) is 4.47 Å². The summed E-state index contributed by atoms with van der Waals surface area (Å²) in [5.74, 6) is 2.29. The molecule has 0 spiro atoms. The Balaban J connectivity index is 2.99. The number of hydrogen-bond donors (Lipinski definition) is 1. The summed E-state index contributed by atoms with van der Waals surface area (Å²) in [4.78, 5) is 0. The van der Waals surface area contributed by atoms with Crippen LogP contribution in [0.1, 0.15) is 18.5 Å². The molecule has 1 atom stereocenters. The number of hydrogen-bond acceptors (Lipinski definition) is 1. The van der Waals surface area contributed by atoms with Gasteiger partial charge in [-0.1, -0.05) is 28.8 Å². The molecule has 0 aliphatic rings. The third-order valence-corrected chi connectivity index (χ3v) is 2.25. The Hall–Kier alpha value is -0.850. The highest BCUT2D eigenvalue weighted by molar-refractivity contribution is 9.10. The molecule has 1 aromatic rings. The largest absolute Gasteiger partial charge is 0.300 e. The predicted octanol–water partition coefficient (Wildman–Crippen LogP) is 2.87. The molecule has 1 aromatic carbocycles. The van der Waals surface area contributed by atoms with E-state index in [4.69, 9.17) is 6.42 Å². The summed E-state index contributed by atoms with van der Waals surface area (Å²) in [5, 5.41) is 3.08. The van der Waals surface area contributed by atoms with Crippen LogP contribution in [0.4, 0.5) is 4.39 Å². The van der Waals surface area contributed by atoms with Crippen molar-refractivity contribution in [1.82, 2.24) is 5.32 Å². The summed E-state index contributed by atoms with van der Waals surface area (Å²) in [6.07, 6.45) is 5.34. The SMILES string of the molecule is C#CC(NCC)c1cc(F)cc(Br)c1. The van der Waals surface area contributed by atoms with Gasteiger partial charge in [0.2, 0.25) is 0 Å². The molecule has 0 aromatic heterocycles. The van der Waals surface area contributed by atoms with Crippen LogP contribution >= 0.6 is 15.9 Å². The van der Waals surface area contributed by atoms with Crippen LogP contribution in [0.3, 0.4) is 0 Å². The normalized spacial score (nSPS) is 12.1. The van der Waals surface area contributed by atoms with E-state index >= 15 is 0 Å². The molecular formula is C11H11BrFN. The molecule has 0 heterocycles. The molecule has 0 saturated heterocycles. The lowest BCUT2D eigenvalue weighted by atomic mass is 10.1. The Kier molecular flexibility index (Phi) is 4.12. The Morgan fingerprint density at radius 3 is 2.79 bits per heavy atom. The van der Waals surface area contributed by atoms with Gasteiger partial charge in [0.25, 0.3) is 0 Å². The first-order valence-corrected chi connectivity index (χ1v) is 5.12. The fraction of sp³-hybridized carbons (Fsp3) is 0.273. The molecule has 1 rings (SSSR count). The van der Waals surface area contributed by atoms with Crippen LogP contribution in [0, 0.1) is 18.2 Å². The molecule has 74 valence electrons. The molecule has 0 fully saturated rings. The Labute approximate surface area is 91.8 Å². The second-order valence-corrected chi connectivity index (χ2v) is 3.78. The third-order valence-electron chi connectivity index (χ3n) is 1.79. The fourth-order valence-electron chi connectivity index (χ4n) is 1.22. The summed E-state index contributed by atoms with van der Waals surface area (Å²) in [6.45, 7) is 2.71. The molecule has 1 N–H and O–H groups in total. The van der Waals surface area contributed by atoms with Crippen LogP contribution in [-0.4, -0.2) is 6.54 Å². The highest BCUT2D eigenvalue weighted by Crippen LogP contribution is 2.19. The van der Waals surface area contributed by atoms with E-state index in [1.54, 1.807) is 0 Å². The topological polar surface area (TPSA) is 12.0 Å². The summed E-state index contributed by atoms with van der Waals surface area (Å²) in [7, 11) is 0. The average molecular weight is 256 g/mol. The van der Waals surface area contributed by atoms with Gasteiger partial charge in [0.15, 0.2) is 0 Å². The lowest BCUT2D eigenvalue weighted by molar-refractivity contribution is 0.613. The van der Waals surface area contributed by atoms with E-state index in [0.717, 1.165) is 12.1 Å². The van der Waals surface area contributed by atoms with E-state index < -0.39 is 0 Å². The van der Waals surface area contributed by atoms with Gasteiger partial charge in [-0.05, 0) is 30.3 Å². The number of benzene rings is 1. The summed E-state index contributed by atoms with van der Waals surface area (Å²) < 4.78 is 13.7. The van der Waals surface area contributed by atoms with Crippen LogP contribution in [0.2, 0.25) is 0 Å². The Bertz CT molecular complexity index is 337. The number of halogens is 2. The molecule has 1 nitrogen and oxygen atoms in total. The molecule has 0 bridgehead atoms. The number of nitrogens with one attached hydrogen (secondary N) is 1. The van der Waals surface area contributed by atoms with Crippen LogP contribution in [0.5, 0.6) is 0 Å². The molecular weight excluding hydrogens is 245 g/mol. The molecule has 3 heteroatoms. The first-order valence-electron chi connectivity index (χ1n) is 4.33. The maximum absolute atomic E-state index is 13.0. The van der Waals surface area contributed by atoms with Gasteiger partial charge in [-0.25, -0.2) is 4.39 Å². The minimum absolute atomic E-state index is 0.230. The lowest BCUT2D eigenvalue weighted by Gasteiger charge is -2.12. The lowest BCUT2D eigenvalue weighted by Crippen LogP contribution is -2.19. The van der Waals surface area contributed by atoms with E-state index in [2.05, 4.69) is 27.2 Å². The van der Waals surface area contributed by atoms with Crippen LogP contribution in [-0.2, 0) is 0 Å². The van der Waals surface area contributed by atoms with Crippen LogP contribution < -0.4 is 5.32 Å². The smallest absolute Gasteiger partial charge is 0.124 e. The summed E-state index contributed by atoms with van der Waals surface area (Å²) in [5.41, 5.74) is 0.765. The van der Waals surface area contributed by atoms with Gasteiger partial charge < -0.3 is 5.32 Å². The Morgan fingerprint density at radius 2 is 2.29 bits per heavy atom. The van der Waals surface area contributed by atoms with Gasteiger partial charge in [-0.15, -0.1) is 6.42 Å². The maximum atomic E-state index is 13.0. The van der Waals surface area contributed by atoms with E-state index in [-0.39, 0.29) is 11.9 Å². The maximum Gasteiger partial charge on any atom is 0.124 e. The Morgan fingerprint density at radius 1 is 1.57 bits per heavy atom. The van der Waals surface area contributed by atoms with Gasteiger partial charge in [-0.3, -0.25) is 0 Å². The second-order valence-electron chi connectivity index (χ2n) is 2.86. The second kappa shape index (κ2) is 5.14. The van der Waals surface area contributed by atoms with Gasteiger partial charge in [-0.2, -0.15) is 0 Å². The van der Waals surface area contributed by atoms with Gasteiger partial charge >= 0.3 is 0 Å². The van der Waals surface area contributed by atoms with Crippen LogP contribution in [0.25, 0.3) is 0 Å². The first kappa shape index (κ1) is 11.2. The van der Waals surface area contributed by atoms with Crippen molar-refractivity contribution in [1.29, 1.82) is 0 Å². The fourth-order valence-corrected chi connectivity index (χ4v) is 1.70. The molecule has 0 amide bonds. The standard InChI is InChI=1S/C11H11BrFN/c1-3-11(14-4-2)8-5-9(12)7-10(13)6-8/h1,5-7,11,14H,4H2,2H3. The van der Waals surface area contributed by atoms with Crippen molar-refractivity contribution in [2.75, 3.05) is 6.54 Å². The van der Waals surface area contributed by atoms with Crippen molar-refractivity contribution in [2.24, 2.45) is 0 Å². The molecule has 14 heavy (non-hydrogen) atoms. The van der Waals surface area contributed by atoms with Crippen molar-refractivity contribution < 1.29 is 4.39 Å². The van der Waals surface area contributed by atoms with Crippen molar-refractivity contribution in [3.8, 4) is 12.3 Å². The molecule has 0 aliphatic heterocycles. The van der Waals surface area contributed by atoms with E-state index in [9.17, 15) is 4.39 Å². The minimum atomic E-state index is -0.285. The summed E-state index contributed by atoms with van der Waals surface area (Å²) >= 11 is 3.23. The zero-order valence-electron chi connectivity index (χ0n) is 7.85. The van der Waals surface area contributed by atoms with E-state index in [1.807, 2.05) is 13.0 Å². The van der Waals surface area contributed by atoms with Crippen molar-refractivity contribution in [3.05, 3.63) is 34.1 Å². The molecule has 0 aliphatic carbocycles. The van der Waals surface area contributed by atoms with Crippen molar-refractivity contribution in [2.45, 2.75) is 13.0 Å². The average Bonchev–Trinajstić information content (AvgIpc) is 2.12. The van der Waals surface area contributed by atoms with Crippen molar-refractivity contribution in [3.63, 3.8) is 0 Å². The summed E-state index contributed by atoms with van der Waals surface area (Å²) in [6, 6.07) is 4.43. The van der Waals surface area contributed by atoms with Gasteiger partial charge in [0.1, 0.15) is 5.82 Å². The number of terminal acetylenes is 1. The molecule has 1 unspecified atom stereocenters. The van der Waals surface area contributed by atoms with Gasteiger partial charge in [0.05, 0.1) is 6.04 Å². The number of rotatable bonds is 3.